The van der Waals surface area contributed by atoms with Gasteiger partial charge in [-0.3, -0.25) is 4.79 Å². The Hall–Kier alpha value is -1.23. The highest BCUT2D eigenvalue weighted by atomic mass is 35.5. The molecule has 0 bridgehead atoms. The second-order valence-electron chi connectivity index (χ2n) is 3.68. The third kappa shape index (κ3) is 2.61. The number of nitrogen functional groups attached to an aromatic ring is 1. The predicted octanol–water partition coefficient (Wildman–Crippen LogP) is 4.20. The van der Waals surface area contributed by atoms with Gasteiger partial charge >= 0.3 is 0 Å². The Morgan fingerprint density at radius 1 is 1.39 bits per heavy atom. The molecule has 0 radical (unpaired) electrons. The van der Waals surface area contributed by atoms with E-state index in [4.69, 9.17) is 28.9 Å². The van der Waals surface area contributed by atoms with Gasteiger partial charge in [-0.1, -0.05) is 29.3 Å². The van der Waals surface area contributed by atoms with Crippen LogP contribution < -0.4 is 11.1 Å². The van der Waals surface area contributed by atoms with Crippen LogP contribution in [-0.4, -0.2) is 5.91 Å². The summed E-state index contributed by atoms with van der Waals surface area (Å²) in [5.41, 5.74) is 6.81. The SMILES string of the molecule is Cc1sc(C(=O)Nc2cccc(Cl)c2Cl)cc1N. The summed E-state index contributed by atoms with van der Waals surface area (Å²) in [5, 5.41) is 3.43. The number of thiophene rings is 1. The van der Waals surface area contributed by atoms with Crippen molar-refractivity contribution in [3.8, 4) is 0 Å². The van der Waals surface area contributed by atoms with Crippen molar-refractivity contribution in [2.75, 3.05) is 11.1 Å². The maximum absolute atomic E-state index is 12.0. The quantitative estimate of drug-likeness (QED) is 0.873. The highest BCUT2D eigenvalue weighted by Crippen LogP contribution is 2.31. The summed E-state index contributed by atoms with van der Waals surface area (Å²) in [6, 6.07) is 6.72. The average Bonchev–Trinajstić information content (AvgIpc) is 2.66. The van der Waals surface area contributed by atoms with Crippen molar-refractivity contribution in [1.82, 2.24) is 0 Å². The van der Waals surface area contributed by atoms with Crippen LogP contribution in [0.5, 0.6) is 0 Å². The molecule has 94 valence electrons. The van der Waals surface area contributed by atoms with E-state index in [1.54, 1.807) is 24.3 Å². The highest BCUT2D eigenvalue weighted by Gasteiger charge is 2.13. The van der Waals surface area contributed by atoms with Gasteiger partial charge in [0, 0.05) is 10.6 Å². The van der Waals surface area contributed by atoms with Gasteiger partial charge in [-0.05, 0) is 25.1 Å². The van der Waals surface area contributed by atoms with Gasteiger partial charge in [-0.2, -0.15) is 0 Å². The Labute approximate surface area is 119 Å². The van der Waals surface area contributed by atoms with Crippen molar-refractivity contribution in [3.05, 3.63) is 44.1 Å². The number of aryl methyl sites for hydroxylation is 1. The van der Waals surface area contributed by atoms with Crippen LogP contribution in [0.1, 0.15) is 14.5 Å². The standard InChI is InChI=1S/C12H10Cl2N2OS/c1-6-8(15)5-10(18-6)12(17)16-9-4-2-3-7(13)11(9)14/h2-5H,15H2,1H3,(H,16,17). The summed E-state index contributed by atoms with van der Waals surface area (Å²) >= 11 is 13.2. The summed E-state index contributed by atoms with van der Waals surface area (Å²) in [5.74, 6) is -0.246. The Morgan fingerprint density at radius 3 is 2.72 bits per heavy atom. The van der Waals surface area contributed by atoms with Crippen molar-refractivity contribution < 1.29 is 4.79 Å². The molecule has 1 heterocycles. The lowest BCUT2D eigenvalue weighted by Crippen LogP contribution is -2.10. The number of rotatable bonds is 2. The van der Waals surface area contributed by atoms with Crippen LogP contribution in [0, 0.1) is 6.92 Å². The molecule has 18 heavy (non-hydrogen) atoms. The second-order valence-corrected chi connectivity index (χ2v) is 5.72. The van der Waals surface area contributed by atoms with Gasteiger partial charge in [0.05, 0.1) is 20.6 Å². The number of hydrogen-bond donors (Lipinski definition) is 2. The fraction of sp³-hybridized carbons (Fsp3) is 0.0833. The summed E-state index contributed by atoms with van der Waals surface area (Å²) in [6.45, 7) is 1.86. The summed E-state index contributed by atoms with van der Waals surface area (Å²) < 4.78 is 0. The zero-order valence-electron chi connectivity index (χ0n) is 9.46. The molecule has 0 saturated carbocycles. The molecule has 2 aromatic rings. The zero-order chi connectivity index (χ0) is 13.3. The molecule has 3 N–H and O–H groups in total. The predicted molar refractivity (Wildman–Crippen MR) is 77.9 cm³/mol. The fourth-order valence-electron chi connectivity index (χ4n) is 1.39. The van der Waals surface area contributed by atoms with Crippen LogP contribution in [0.3, 0.4) is 0 Å². The molecule has 0 atom stereocenters. The van der Waals surface area contributed by atoms with E-state index in [0.717, 1.165) is 4.88 Å². The largest absolute Gasteiger partial charge is 0.398 e. The molecule has 1 aromatic carbocycles. The molecule has 0 aliphatic rings. The van der Waals surface area contributed by atoms with E-state index in [1.165, 1.54) is 11.3 Å². The van der Waals surface area contributed by atoms with Crippen molar-refractivity contribution in [2.45, 2.75) is 6.92 Å². The van der Waals surface area contributed by atoms with Gasteiger partial charge in [0.2, 0.25) is 0 Å². The van der Waals surface area contributed by atoms with E-state index >= 15 is 0 Å². The van der Waals surface area contributed by atoms with E-state index in [-0.39, 0.29) is 5.91 Å². The molecule has 6 heteroatoms. The summed E-state index contributed by atoms with van der Waals surface area (Å²) in [4.78, 5) is 13.4. The minimum absolute atomic E-state index is 0.246. The first-order valence-electron chi connectivity index (χ1n) is 5.10. The van der Waals surface area contributed by atoms with Gasteiger partial charge < -0.3 is 11.1 Å². The highest BCUT2D eigenvalue weighted by molar-refractivity contribution is 7.14. The van der Waals surface area contributed by atoms with Crippen molar-refractivity contribution in [3.63, 3.8) is 0 Å². The molecule has 2 rings (SSSR count). The van der Waals surface area contributed by atoms with Crippen LogP contribution >= 0.6 is 34.5 Å². The number of nitrogens with two attached hydrogens (primary N) is 1. The first-order chi connectivity index (χ1) is 8.49. The lowest BCUT2D eigenvalue weighted by Gasteiger charge is -2.06. The number of hydrogen-bond acceptors (Lipinski definition) is 3. The third-order valence-corrected chi connectivity index (χ3v) is 4.26. The first kappa shape index (κ1) is 13.2. The zero-order valence-corrected chi connectivity index (χ0v) is 11.8. The van der Waals surface area contributed by atoms with Crippen LogP contribution in [0.4, 0.5) is 11.4 Å². The van der Waals surface area contributed by atoms with E-state index in [1.807, 2.05) is 6.92 Å². The molecule has 0 spiro atoms. The molecule has 0 saturated heterocycles. The van der Waals surface area contributed by atoms with Crippen LogP contribution in [0.25, 0.3) is 0 Å². The molecule has 1 amide bonds. The molecule has 0 unspecified atom stereocenters. The number of carbonyl (C=O) groups excluding carboxylic acids is 1. The summed E-state index contributed by atoms with van der Waals surface area (Å²) in [7, 11) is 0. The minimum atomic E-state index is -0.246. The lowest BCUT2D eigenvalue weighted by molar-refractivity contribution is 0.103. The van der Waals surface area contributed by atoms with Crippen LogP contribution in [-0.2, 0) is 0 Å². The first-order valence-corrected chi connectivity index (χ1v) is 6.67. The van der Waals surface area contributed by atoms with E-state index in [2.05, 4.69) is 5.32 Å². The van der Waals surface area contributed by atoms with Gasteiger partial charge in [0.25, 0.3) is 5.91 Å². The number of nitrogens with one attached hydrogen (secondary N) is 1. The Kier molecular flexibility index (Phi) is 3.80. The van der Waals surface area contributed by atoms with Gasteiger partial charge in [-0.25, -0.2) is 0 Å². The fourth-order valence-corrected chi connectivity index (χ4v) is 2.58. The number of halogens is 2. The van der Waals surface area contributed by atoms with Crippen LogP contribution in [0.15, 0.2) is 24.3 Å². The van der Waals surface area contributed by atoms with E-state index < -0.39 is 0 Å². The van der Waals surface area contributed by atoms with Crippen molar-refractivity contribution >= 4 is 51.8 Å². The molecule has 0 aliphatic carbocycles. The molecule has 0 aliphatic heterocycles. The van der Waals surface area contributed by atoms with E-state index in [0.29, 0.717) is 26.3 Å². The maximum Gasteiger partial charge on any atom is 0.265 e. The Morgan fingerprint density at radius 2 is 2.11 bits per heavy atom. The smallest absolute Gasteiger partial charge is 0.265 e. The lowest BCUT2D eigenvalue weighted by atomic mass is 10.3. The maximum atomic E-state index is 12.0. The molecular weight excluding hydrogens is 291 g/mol. The summed E-state index contributed by atoms with van der Waals surface area (Å²) in [6.07, 6.45) is 0. The second kappa shape index (κ2) is 5.18. The Balaban J connectivity index is 2.24. The van der Waals surface area contributed by atoms with E-state index in [9.17, 15) is 4.79 Å². The van der Waals surface area contributed by atoms with Crippen molar-refractivity contribution in [2.24, 2.45) is 0 Å². The number of anilines is 2. The van der Waals surface area contributed by atoms with Crippen molar-refractivity contribution in [1.29, 1.82) is 0 Å². The molecule has 3 nitrogen and oxygen atoms in total. The van der Waals surface area contributed by atoms with Gasteiger partial charge in [0.15, 0.2) is 0 Å². The average molecular weight is 301 g/mol. The van der Waals surface area contributed by atoms with Gasteiger partial charge in [-0.15, -0.1) is 11.3 Å². The molecule has 1 aromatic heterocycles. The number of carbonyl (C=O) groups is 1. The molecular formula is C12H10Cl2N2OS. The Bertz CT molecular complexity index is 591. The monoisotopic (exact) mass is 300 g/mol. The normalized spacial score (nSPS) is 10.4. The topological polar surface area (TPSA) is 55.1 Å². The third-order valence-electron chi connectivity index (χ3n) is 2.38. The number of benzene rings is 1. The molecule has 0 fully saturated rings. The van der Waals surface area contributed by atoms with Gasteiger partial charge in [0.1, 0.15) is 0 Å². The van der Waals surface area contributed by atoms with Crippen LogP contribution in [0.2, 0.25) is 10.0 Å². The minimum Gasteiger partial charge on any atom is -0.398 e. The number of amides is 1.